The van der Waals surface area contributed by atoms with Crippen molar-refractivity contribution in [3.05, 3.63) is 47.0 Å². The van der Waals surface area contributed by atoms with Gasteiger partial charge in [0.25, 0.3) is 0 Å². The molecule has 0 bridgehead atoms. The Kier molecular flexibility index (Phi) is 3.11. The Labute approximate surface area is 113 Å². The molecule has 0 fully saturated rings. The minimum absolute atomic E-state index is 0.280. The molecule has 0 aliphatic heterocycles. The van der Waals surface area contributed by atoms with Gasteiger partial charge in [0.1, 0.15) is 0 Å². The van der Waals surface area contributed by atoms with E-state index in [2.05, 4.69) is 27.5 Å². The van der Waals surface area contributed by atoms with E-state index in [0.717, 1.165) is 18.5 Å². The zero-order valence-electron chi connectivity index (χ0n) is 11.7. The van der Waals surface area contributed by atoms with Crippen LogP contribution in [0.5, 0.6) is 0 Å². The van der Waals surface area contributed by atoms with Crippen molar-refractivity contribution in [2.75, 3.05) is 7.05 Å². The van der Waals surface area contributed by atoms with Crippen molar-refractivity contribution < 1.29 is 0 Å². The Bertz CT molecular complexity index is 588. The molecule has 2 unspecified atom stereocenters. The third-order valence-electron chi connectivity index (χ3n) is 4.07. The number of aryl methyl sites for hydroxylation is 3. The Balaban J connectivity index is 1.99. The number of rotatable bonds is 3. The molecule has 4 heteroatoms. The average Bonchev–Trinajstić information content (AvgIpc) is 2.96. The van der Waals surface area contributed by atoms with Gasteiger partial charge in [-0.2, -0.15) is 5.10 Å². The van der Waals surface area contributed by atoms with Crippen LogP contribution in [0.4, 0.5) is 0 Å². The van der Waals surface area contributed by atoms with Gasteiger partial charge in [0.2, 0.25) is 0 Å². The van der Waals surface area contributed by atoms with Gasteiger partial charge in [0.05, 0.1) is 17.4 Å². The third kappa shape index (κ3) is 2.06. The minimum atomic E-state index is 0.280. The van der Waals surface area contributed by atoms with E-state index >= 15 is 0 Å². The second kappa shape index (κ2) is 4.78. The first-order valence-electron chi connectivity index (χ1n) is 6.82. The molecule has 4 nitrogen and oxygen atoms in total. The lowest BCUT2D eigenvalue weighted by molar-refractivity contribution is 0.442. The van der Waals surface area contributed by atoms with Crippen molar-refractivity contribution in [3.8, 4) is 0 Å². The van der Waals surface area contributed by atoms with Gasteiger partial charge in [-0.3, -0.25) is 9.67 Å². The molecular weight excluding hydrogens is 236 g/mol. The van der Waals surface area contributed by atoms with Crippen LogP contribution >= 0.6 is 0 Å². The standard InChI is InChI=1S/C15H20N4/c1-10-9-13(19(3)18-10)15(16-2)12-7-6-11-5-4-8-17-14(11)12/h4-5,8-9,12,15-16H,6-7H2,1-3H3. The molecule has 19 heavy (non-hydrogen) atoms. The molecule has 2 atom stereocenters. The summed E-state index contributed by atoms with van der Waals surface area (Å²) in [5, 5.41) is 7.92. The number of fused-ring (bicyclic) bond motifs is 1. The van der Waals surface area contributed by atoms with Crippen LogP contribution in [0.15, 0.2) is 24.4 Å². The molecule has 2 aromatic rings. The van der Waals surface area contributed by atoms with Gasteiger partial charge in [0, 0.05) is 24.9 Å². The quantitative estimate of drug-likeness (QED) is 0.914. The van der Waals surface area contributed by atoms with Crippen LogP contribution in [0, 0.1) is 6.92 Å². The lowest BCUT2D eigenvalue weighted by Gasteiger charge is -2.23. The van der Waals surface area contributed by atoms with E-state index < -0.39 is 0 Å². The monoisotopic (exact) mass is 256 g/mol. The zero-order chi connectivity index (χ0) is 13.4. The number of pyridine rings is 1. The van der Waals surface area contributed by atoms with Crippen molar-refractivity contribution in [1.29, 1.82) is 0 Å². The Morgan fingerprint density at radius 3 is 3.00 bits per heavy atom. The number of hydrogen-bond donors (Lipinski definition) is 1. The van der Waals surface area contributed by atoms with E-state index in [1.807, 2.05) is 38.0 Å². The van der Waals surface area contributed by atoms with Crippen molar-refractivity contribution in [2.45, 2.75) is 31.7 Å². The second-order valence-electron chi connectivity index (χ2n) is 5.29. The fraction of sp³-hybridized carbons (Fsp3) is 0.467. The van der Waals surface area contributed by atoms with Crippen LogP contribution in [0.3, 0.4) is 0 Å². The maximum Gasteiger partial charge on any atom is 0.0597 e. The highest BCUT2D eigenvalue weighted by Crippen LogP contribution is 2.40. The van der Waals surface area contributed by atoms with Crippen LogP contribution in [0.25, 0.3) is 0 Å². The van der Waals surface area contributed by atoms with E-state index in [1.165, 1.54) is 17.0 Å². The van der Waals surface area contributed by atoms with Crippen molar-refractivity contribution >= 4 is 0 Å². The predicted octanol–water partition coefficient (Wildman–Crippen LogP) is 2.11. The molecule has 0 aromatic carbocycles. The van der Waals surface area contributed by atoms with Crippen molar-refractivity contribution in [2.24, 2.45) is 7.05 Å². The molecule has 0 radical (unpaired) electrons. The normalized spacial score (nSPS) is 19.4. The van der Waals surface area contributed by atoms with Gasteiger partial charge in [-0.05, 0) is 44.5 Å². The molecule has 0 saturated carbocycles. The summed E-state index contributed by atoms with van der Waals surface area (Å²) in [6.45, 7) is 2.04. The zero-order valence-corrected chi connectivity index (χ0v) is 11.7. The molecule has 0 spiro atoms. The van der Waals surface area contributed by atoms with Crippen molar-refractivity contribution in [1.82, 2.24) is 20.1 Å². The molecule has 1 aliphatic rings. The van der Waals surface area contributed by atoms with Crippen LogP contribution in [0.1, 0.15) is 41.0 Å². The fourth-order valence-electron chi connectivity index (χ4n) is 3.25. The summed E-state index contributed by atoms with van der Waals surface area (Å²) in [4.78, 5) is 4.60. The first-order chi connectivity index (χ1) is 9.20. The summed E-state index contributed by atoms with van der Waals surface area (Å²) >= 11 is 0. The largest absolute Gasteiger partial charge is 0.311 e. The molecule has 0 amide bonds. The lowest BCUT2D eigenvalue weighted by Crippen LogP contribution is -2.25. The van der Waals surface area contributed by atoms with Gasteiger partial charge in [-0.25, -0.2) is 0 Å². The summed E-state index contributed by atoms with van der Waals surface area (Å²) < 4.78 is 1.98. The van der Waals surface area contributed by atoms with Gasteiger partial charge in [0.15, 0.2) is 0 Å². The van der Waals surface area contributed by atoms with E-state index in [1.54, 1.807) is 0 Å². The summed E-state index contributed by atoms with van der Waals surface area (Å²) in [5.74, 6) is 0.441. The van der Waals surface area contributed by atoms with E-state index in [9.17, 15) is 0 Å². The highest BCUT2D eigenvalue weighted by Gasteiger charge is 2.32. The number of aromatic nitrogens is 3. The third-order valence-corrected chi connectivity index (χ3v) is 4.07. The highest BCUT2D eigenvalue weighted by molar-refractivity contribution is 5.32. The Morgan fingerprint density at radius 1 is 1.47 bits per heavy atom. The van der Waals surface area contributed by atoms with Crippen LogP contribution in [0.2, 0.25) is 0 Å². The predicted molar refractivity (Wildman–Crippen MR) is 75.0 cm³/mol. The number of nitrogens with one attached hydrogen (secondary N) is 1. The Morgan fingerprint density at radius 2 is 2.32 bits per heavy atom. The molecule has 1 N–H and O–H groups in total. The van der Waals surface area contributed by atoms with Crippen LogP contribution < -0.4 is 5.32 Å². The highest BCUT2D eigenvalue weighted by atomic mass is 15.3. The molecule has 100 valence electrons. The maximum atomic E-state index is 4.60. The molecule has 0 saturated heterocycles. The van der Waals surface area contributed by atoms with Crippen LogP contribution in [-0.4, -0.2) is 21.8 Å². The average molecular weight is 256 g/mol. The fourth-order valence-corrected chi connectivity index (χ4v) is 3.25. The first kappa shape index (κ1) is 12.4. The molecule has 3 rings (SSSR count). The molecule has 1 aliphatic carbocycles. The topological polar surface area (TPSA) is 42.7 Å². The van der Waals surface area contributed by atoms with Gasteiger partial charge in [-0.1, -0.05) is 6.07 Å². The summed E-state index contributed by atoms with van der Waals surface area (Å²) in [5.41, 5.74) is 4.95. The summed E-state index contributed by atoms with van der Waals surface area (Å²) in [6, 6.07) is 6.68. The Hall–Kier alpha value is -1.68. The smallest absolute Gasteiger partial charge is 0.0597 e. The van der Waals surface area contributed by atoms with Gasteiger partial charge >= 0.3 is 0 Å². The van der Waals surface area contributed by atoms with Gasteiger partial charge < -0.3 is 5.32 Å². The SMILES string of the molecule is CNC(c1cc(C)nn1C)C1CCc2cccnc21. The molecule has 2 heterocycles. The van der Waals surface area contributed by atoms with E-state index in [0.29, 0.717) is 5.92 Å². The molecule has 2 aromatic heterocycles. The maximum absolute atomic E-state index is 4.60. The van der Waals surface area contributed by atoms with E-state index in [-0.39, 0.29) is 6.04 Å². The molecular formula is C15H20N4. The lowest BCUT2D eigenvalue weighted by atomic mass is 9.94. The number of nitrogens with zero attached hydrogens (tertiary/aromatic N) is 3. The van der Waals surface area contributed by atoms with Crippen LogP contribution in [-0.2, 0) is 13.5 Å². The van der Waals surface area contributed by atoms with Gasteiger partial charge in [-0.15, -0.1) is 0 Å². The van der Waals surface area contributed by atoms with Crippen molar-refractivity contribution in [3.63, 3.8) is 0 Å². The summed E-state index contributed by atoms with van der Waals surface area (Å²) in [7, 11) is 4.04. The second-order valence-corrected chi connectivity index (χ2v) is 5.29. The number of hydrogen-bond acceptors (Lipinski definition) is 3. The number of likely N-dealkylation sites (N-methyl/N-ethyl adjacent to an activating group) is 1. The van der Waals surface area contributed by atoms with E-state index in [4.69, 9.17) is 0 Å². The first-order valence-corrected chi connectivity index (χ1v) is 6.82. The minimum Gasteiger partial charge on any atom is -0.311 e. The summed E-state index contributed by atoms with van der Waals surface area (Å²) in [6.07, 6.45) is 4.18.